The van der Waals surface area contributed by atoms with Gasteiger partial charge in [0.05, 0.1) is 0 Å². The van der Waals surface area contributed by atoms with Crippen molar-refractivity contribution in [2.75, 3.05) is 13.1 Å². The summed E-state index contributed by atoms with van der Waals surface area (Å²) in [4.78, 5) is 18.6. The van der Waals surface area contributed by atoms with Crippen LogP contribution in [0.2, 0.25) is 5.02 Å². The number of hydrogen-bond acceptors (Lipinski definition) is 4. The Kier molecular flexibility index (Phi) is 5.30. The molecule has 0 saturated carbocycles. The Hall–Kier alpha value is -2.14. The van der Waals surface area contributed by atoms with Gasteiger partial charge in [0, 0.05) is 36.5 Å². The minimum Gasteiger partial charge on any atom is -0.339 e. The van der Waals surface area contributed by atoms with Gasteiger partial charge in [0.2, 0.25) is 11.8 Å². The molecule has 0 N–H and O–H groups in total. The van der Waals surface area contributed by atoms with E-state index in [1.807, 2.05) is 36.1 Å². The first kappa shape index (κ1) is 16.7. The molecule has 1 aromatic carbocycles. The van der Waals surface area contributed by atoms with Crippen LogP contribution in [0.3, 0.4) is 0 Å². The topological polar surface area (TPSA) is 59.2 Å². The molecule has 126 valence electrons. The lowest BCUT2D eigenvalue weighted by atomic mass is 9.96. The van der Waals surface area contributed by atoms with Crippen molar-refractivity contribution in [3.05, 3.63) is 52.6 Å². The third-order valence-corrected chi connectivity index (χ3v) is 4.61. The molecule has 0 bridgehead atoms. The summed E-state index contributed by atoms with van der Waals surface area (Å²) in [5.41, 5.74) is 0.848. The Bertz CT molecular complexity index is 733. The van der Waals surface area contributed by atoms with E-state index >= 15 is 0 Å². The van der Waals surface area contributed by atoms with Gasteiger partial charge in [-0.15, -0.1) is 0 Å². The highest BCUT2D eigenvalue weighted by molar-refractivity contribution is 6.32. The maximum Gasteiger partial charge on any atom is 0.246 e. The maximum atomic E-state index is 12.3. The van der Waals surface area contributed by atoms with Crippen LogP contribution in [0.25, 0.3) is 6.08 Å². The molecule has 2 heterocycles. The molecular formula is C18H20ClN3O2. The molecule has 0 spiro atoms. The van der Waals surface area contributed by atoms with Crippen molar-refractivity contribution in [2.24, 2.45) is 0 Å². The molecule has 0 unspecified atom stereocenters. The van der Waals surface area contributed by atoms with Crippen LogP contribution in [0.1, 0.15) is 43.0 Å². The number of carbonyl (C=O) groups excluding carboxylic acids is 1. The molecule has 1 saturated heterocycles. The Balaban J connectivity index is 1.56. The van der Waals surface area contributed by atoms with Crippen LogP contribution in [-0.4, -0.2) is 34.0 Å². The number of aromatic nitrogens is 2. The number of hydrogen-bond donors (Lipinski definition) is 0. The van der Waals surface area contributed by atoms with Gasteiger partial charge in [0.25, 0.3) is 0 Å². The fraction of sp³-hybridized carbons (Fsp3) is 0.389. The zero-order valence-electron chi connectivity index (χ0n) is 13.6. The van der Waals surface area contributed by atoms with Crippen LogP contribution in [0.5, 0.6) is 0 Å². The summed E-state index contributed by atoms with van der Waals surface area (Å²) >= 11 is 6.09. The number of likely N-dealkylation sites (tertiary alicyclic amines) is 1. The first-order valence-corrected chi connectivity index (χ1v) is 8.59. The van der Waals surface area contributed by atoms with Crippen molar-refractivity contribution < 1.29 is 9.32 Å². The minimum absolute atomic E-state index is 0.00754. The Morgan fingerprint density at radius 1 is 1.38 bits per heavy atom. The standard InChI is InChI=1S/C18H20ClN3O2/c1-2-16-20-18(24-21-16)14-9-11-22(12-10-14)17(23)8-7-13-5-3-4-6-15(13)19/h3-8,14H,2,9-12H2,1H3/b8-7+. The highest BCUT2D eigenvalue weighted by Crippen LogP contribution is 2.27. The summed E-state index contributed by atoms with van der Waals surface area (Å²) in [6, 6.07) is 7.47. The third kappa shape index (κ3) is 3.85. The molecule has 1 aliphatic heterocycles. The molecule has 1 fully saturated rings. The SMILES string of the molecule is CCc1noc(C2CCN(C(=O)/C=C/c3ccccc3Cl)CC2)n1. The summed E-state index contributed by atoms with van der Waals surface area (Å²) in [5, 5.41) is 4.59. The highest BCUT2D eigenvalue weighted by Gasteiger charge is 2.26. The van der Waals surface area contributed by atoms with Gasteiger partial charge in [-0.1, -0.05) is 41.9 Å². The molecule has 3 rings (SSSR count). The van der Waals surface area contributed by atoms with Crippen molar-refractivity contribution in [3.63, 3.8) is 0 Å². The zero-order valence-corrected chi connectivity index (χ0v) is 14.4. The third-order valence-electron chi connectivity index (χ3n) is 4.27. The lowest BCUT2D eigenvalue weighted by Gasteiger charge is -2.29. The summed E-state index contributed by atoms with van der Waals surface area (Å²) in [7, 11) is 0. The van der Waals surface area contributed by atoms with Gasteiger partial charge in [-0.05, 0) is 30.5 Å². The first-order chi connectivity index (χ1) is 11.7. The highest BCUT2D eigenvalue weighted by atomic mass is 35.5. The van der Waals surface area contributed by atoms with E-state index in [4.69, 9.17) is 16.1 Å². The fourth-order valence-corrected chi connectivity index (χ4v) is 3.00. The predicted molar refractivity (Wildman–Crippen MR) is 92.7 cm³/mol. The first-order valence-electron chi connectivity index (χ1n) is 8.21. The number of rotatable bonds is 4. The number of amides is 1. The van der Waals surface area contributed by atoms with Crippen LogP contribution in [-0.2, 0) is 11.2 Å². The minimum atomic E-state index is 0.00754. The van der Waals surface area contributed by atoms with Crippen LogP contribution < -0.4 is 0 Å². The van der Waals surface area contributed by atoms with Crippen molar-refractivity contribution in [1.82, 2.24) is 15.0 Å². The van der Waals surface area contributed by atoms with E-state index in [-0.39, 0.29) is 11.8 Å². The van der Waals surface area contributed by atoms with E-state index in [1.165, 1.54) is 0 Å². The molecule has 1 aliphatic rings. The molecule has 0 atom stereocenters. The van der Waals surface area contributed by atoms with Gasteiger partial charge < -0.3 is 9.42 Å². The molecule has 6 heteroatoms. The lowest BCUT2D eigenvalue weighted by molar-refractivity contribution is -0.127. The number of aryl methyl sites for hydroxylation is 1. The van der Waals surface area contributed by atoms with E-state index in [1.54, 1.807) is 12.2 Å². The van der Waals surface area contributed by atoms with E-state index in [2.05, 4.69) is 10.1 Å². The van der Waals surface area contributed by atoms with Gasteiger partial charge in [-0.3, -0.25) is 4.79 Å². The predicted octanol–water partition coefficient (Wildman–Crippen LogP) is 3.70. The molecule has 1 aromatic heterocycles. The molecule has 1 amide bonds. The largest absolute Gasteiger partial charge is 0.339 e. The maximum absolute atomic E-state index is 12.3. The zero-order chi connectivity index (χ0) is 16.9. The normalized spacial score (nSPS) is 16.0. The average Bonchev–Trinajstić information content (AvgIpc) is 3.10. The number of benzene rings is 1. The van der Waals surface area contributed by atoms with Crippen molar-refractivity contribution in [3.8, 4) is 0 Å². The number of nitrogens with zero attached hydrogens (tertiary/aromatic N) is 3. The van der Waals surface area contributed by atoms with E-state index in [9.17, 15) is 4.79 Å². The van der Waals surface area contributed by atoms with Crippen LogP contribution in [0, 0.1) is 0 Å². The summed E-state index contributed by atoms with van der Waals surface area (Å²) in [6.45, 7) is 3.39. The number of piperidine rings is 1. The van der Waals surface area contributed by atoms with Gasteiger partial charge in [0.1, 0.15) is 0 Å². The van der Waals surface area contributed by atoms with Crippen molar-refractivity contribution in [1.29, 1.82) is 0 Å². The fourth-order valence-electron chi connectivity index (χ4n) is 2.80. The van der Waals surface area contributed by atoms with E-state index in [0.717, 1.165) is 30.7 Å². The lowest BCUT2D eigenvalue weighted by Crippen LogP contribution is -2.36. The quantitative estimate of drug-likeness (QED) is 0.793. The van der Waals surface area contributed by atoms with Crippen molar-refractivity contribution in [2.45, 2.75) is 32.1 Å². The Morgan fingerprint density at radius 3 is 2.79 bits per heavy atom. The van der Waals surface area contributed by atoms with Crippen molar-refractivity contribution >= 4 is 23.6 Å². The Morgan fingerprint density at radius 2 is 2.12 bits per heavy atom. The van der Waals surface area contributed by atoms with Crippen LogP contribution >= 0.6 is 11.6 Å². The molecule has 2 aromatic rings. The van der Waals surface area contributed by atoms with Gasteiger partial charge in [-0.25, -0.2) is 0 Å². The van der Waals surface area contributed by atoms with Crippen LogP contribution in [0.4, 0.5) is 0 Å². The second-order valence-electron chi connectivity index (χ2n) is 5.86. The van der Waals surface area contributed by atoms with Gasteiger partial charge in [0.15, 0.2) is 5.82 Å². The average molecular weight is 346 g/mol. The monoisotopic (exact) mass is 345 g/mol. The smallest absolute Gasteiger partial charge is 0.246 e. The van der Waals surface area contributed by atoms with Gasteiger partial charge >= 0.3 is 0 Å². The summed E-state index contributed by atoms with van der Waals surface area (Å²) in [6.07, 6.45) is 5.81. The second kappa shape index (κ2) is 7.62. The molecule has 5 nitrogen and oxygen atoms in total. The second-order valence-corrected chi connectivity index (χ2v) is 6.26. The molecular weight excluding hydrogens is 326 g/mol. The van der Waals surface area contributed by atoms with Crippen LogP contribution in [0.15, 0.2) is 34.9 Å². The number of halogens is 1. The molecule has 0 aliphatic carbocycles. The summed E-state index contributed by atoms with van der Waals surface area (Å²) < 4.78 is 5.32. The number of carbonyl (C=O) groups is 1. The van der Waals surface area contributed by atoms with E-state index in [0.29, 0.717) is 24.0 Å². The molecule has 0 radical (unpaired) electrons. The Labute approximate surface area is 146 Å². The van der Waals surface area contributed by atoms with E-state index < -0.39 is 0 Å². The van der Waals surface area contributed by atoms with Gasteiger partial charge in [-0.2, -0.15) is 4.98 Å². The summed E-state index contributed by atoms with van der Waals surface area (Å²) in [5.74, 6) is 1.69. The molecule has 24 heavy (non-hydrogen) atoms.